The van der Waals surface area contributed by atoms with Gasteiger partial charge in [0.15, 0.2) is 12.3 Å². The zero-order valence-corrected chi connectivity index (χ0v) is 11.8. The highest BCUT2D eigenvalue weighted by Crippen LogP contribution is 2.37. The van der Waals surface area contributed by atoms with Crippen LogP contribution >= 0.6 is 0 Å². The molecule has 1 aliphatic heterocycles. The highest BCUT2D eigenvalue weighted by Gasteiger charge is 2.55. The van der Waals surface area contributed by atoms with E-state index in [1.54, 1.807) is 13.0 Å². The van der Waals surface area contributed by atoms with Crippen LogP contribution in [0.3, 0.4) is 0 Å². The van der Waals surface area contributed by atoms with Gasteiger partial charge in [-0.05, 0) is 13.0 Å². The number of aromatic nitrogens is 3. The number of rotatable bonds is 2. The monoisotopic (exact) mass is 333 g/mol. The van der Waals surface area contributed by atoms with Crippen molar-refractivity contribution in [2.24, 2.45) is 0 Å². The predicted molar refractivity (Wildman–Crippen MR) is 70.3 cm³/mol. The summed E-state index contributed by atoms with van der Waals surface area (Å²) in [7, 11) is 0. The Bertz CT molecular complexity index is 720. The smallest absolute Gasteiger partial charge is 0.387 e. The van der Waals surface area contributed by atoms with E-state index in [-0.39, 0.29) is 0 Å². The van der Waals surface area contributed by atoms with Crippen LogP contribution in [-0.4, -0.2) is 60.4 Å². The van der Waals surface area contributed by atoms with Gasteiger partial charge >= 0.3 is 6.18 Å². The average Bonchev–Trinajstić information content (AvgIpc) is 3.02. The van der Waals surface area contributed by atoms with Crippen molar-refractivity contribution in [3.05, 3.63) is 24.3 Å². The SMILES string of the molecule is Cc1ncnc2c1ccn2C1OC(C(O)C(F)(F)F)C(O)C1O. The van der Waals surface area contributed by atoms with Crippen LogP contribution in [0.5, 0.6) is 0 Å². The van der Waals surface area contributed by atoms with E-state index in [0.717, 1.165) is 0 Å². The van der Waals surface area contributed by atoms with Crippen molar-refractivity contribution in [2.45, 2.75) is 43.7 Å². The lowest BCUT2D eigenvalue weighted by Gasteiger charge is -2.23. The van der Waals surface area contributed by atoms with Gasteiger partial charge in [0.1, 0.15) is 30.3 Å². The largest absolute Gasteiger partial charge is 0.417 e. The van der Waals surface area contributed by atoms with Crippen LogP contribution in [-0.2, 0) is 4.74 Å². The predicted octanol–water partition coefficient (Wildman–Crippen LogP) is 0.282. The van der Waals surface area contributed by atoms with Crippen molar-refractivity contribution in [3.63, 3.8) is 0 Å². The Morgan fingerprint density at radius 2 is 1.96 bits per heavy atom. The van der Waals surface area contributed by atoms with E-state index in [9.17, 15) is 28.5 Å². The summed E-state index contributed by atoms with van der Waals surface area (Å²) in [6, 6.07) is 1.63. The van der Waals surface area contributed by atoms with Crippen molar-refractivity contribution in [1.29, 1.82) is 0 Å². The van der Waals surface area contributed by atoms with Crippen molar-refractivity contribution in [3.8, 4) is 0 Å². The second-order valence-electron chi connectivity index (χ2n) is 5.38. The molecular formula is C13H14F3N3O4. The summed E-state index contributed by atoms with van der Waals surface area (Å²) in [4.78, 5) is 8.01. The summed E-state index contributed by atoms with van der Waals surface area (Å²) in [5.41, 5.74) is 0.990. The second kappa shape index (κ2) is 5.41. The Labute approximate surface area is 128 Å². The minimum atomic E-state index is -4.97. The molecule has 0 aliphatic carbocycles. The molecule has 1 fully saturated rings. The molecule has 23 heavy (non-hydrogen) atoms. The number of hydrogen-bond donors (Lipinski definition) is 3. The highest BCUT2D eigenvalue weighted by atomic mass is 19.4. The summed E-state index contributed by atoms with van der Waals surface area (Å²) < 4.78 is 44.3. The number of aliphatic hydroxyl groups excluding tert-OH is 3. The molecule has 5 atom stereocenters. The van der Waals surface area contributed by atoms with Crippen molar-refractivity contribution in [1.82, 2.24) is 14.5 Å². The molecule has 3 heterocycles. The fourth-order valence-corrected chi connectivity index (χ4v) is 2.67. The van der Waals surface area contributed by atoms with E-state index >= 15 is 0 Å². The molecule has 0 amide bonds. The molecule has 0 aromatic carbocycles. The van der Waals surface area contributed by atoms with Crippen LogP contribution < -0.4 is 0 Å². The first-order valence-electron chi connectivity index (χ1n) is 6.76. The number of alkyl halides is 3. The summed E-state index contributed by atoms with van der Waals surface area (Å²) in [6.45, 7) is 1.73. The van der Waals surface area contributed by atoms with Gasteiger partial charge in [-0.25, -0.2) is 9.97 Å². The van der Waals surface area contributed by atoms with Gasteiger partial charge in [-0.3, -0.25) is 0 Å². The molecule has 126 valence electrons. The van der Waals surface area contributed by atoms with Crippen molar-refractivity contribution < 1.29 is 33.2 Å². The standard InChI is InChI=1S/C13H14F3N3O4/c1-5-6-2-3-19(11(6)18-4-17-5)12-8(21)7(20)9(23-12)10(22)13(14,15)16/h2-4,7-10,12,20-22H,1H3. The number of nitrogens with zero attached hydrogens (tertiary/aromatic N) is 3. The zero-order valence-electron chi connectivity index (χ0n) is 11.8. The van der Waals surface area contributed by atoms with Gasteiger partial charge in [0.05, 0.1) is 5.69 Å². The molecule has 0 spiro atoms. The van der Waals surface area contributed by atoms with E-state index < -0.39 is 36.8 Å². The first kappa shape index (κ1) is 16.1. The third-order valence-electron chi connectivity index (χ3n) is 3.90. The maximum Gasteiger partial charge on any atom is 0.417 e. The Morgan fingerprint density at radius 1 is 1.26 bits per heavy atom. The zero-order chi connectivity index (χ0) is 16.9. The van der Waals surface area contributed by atoms with Gasteiger partial charge in [-0.15, -0.1) is 0 Å². The first-order valence-corrected chi connectivity index (χ1v) is 6.76. The molecule has 0 bridgehead atoms. The number of fused-ring (bicyclic) bond motifs is 1. The van der Waals surface area contributed by atoms with E-state index in [0.29, 0.717) is 16.7 Å². The minimum Gasteiger partial charge on any atom is -0.387 e. The van der Waals surface area contributed by atoms with Gasteiger partial charge in [0, 0.05) is 11.6 Å². The van der Waals surface area contributed by atoms with Crippen LogP contribution in [0.2, 0.25) is 0 Å². The third-order valence-corrected chi connectivity index (χ3v) is 3.90. The van der Waals surface area contributed by atoms with E-state index in [2.05, 4.69) is 9.97 Å². The second-order valence-corrected chi connectivity index (χ2v) is 5.38. The van der Waals surface area contributed by atoms with Gasteiger partial charge in [-0.2, -0.15) is 13.2 Å². The van der Waals surface area contributed by atoms with Gasteiger partial charge in [0.2, 0.25) is 0 Å². The van der Waals surface area contributed by atoms with Crippen molar-refractivity contribution in [2.75, 3.05) is 0 Å². The molecule has 5 unspecified atom stereocenters. The lowest BCUT2D eigenvalue weighted by atomic mass is 10.1. The molecule has 0 radical (unpaired) electrons. The van der Waals surface area contributed by atoms with Crippen LogP contribution in [0.15, 0.2) is 18.6 Å². The fraction of sp³-hybridized carbons (Fsp3) is 0.538. The van der Waals surface area contributed by atoms with Gasteiger partial charge < -0.3 is 24.6 Å². The van der Waals surface area contributed by atoms with E-state index in [1.807, 2.05) is 0 Å². The van der Waals surface area contributed by atoms with Crippen LogP contribution in [0.25, 0.3) is 11.0 Å². The summed E-state index contributed by atoms with van der Waals surface area (Å²) >= 11 is 0. The Morgan fingerprint density at radius 3 is 2.61 bits per heavy atom. The molecule has 2 aromatic rings. The van der Waals surface area contributed by atoms with Crippen LogP contribution in [0.4, 0.5) is 13.2 Å². The Balaban J connectivity index is 1.96. The molecule has 7 nitrogen and oxygen atoms in total. The topological polar surface area (TPSA) is 101 Å². The fourth-order valence-electron chi connectivity index (χ4n) is 2.67. The maximum absolute atomic E-state index is 12.6. The van der Waals surface area contributed by atoms with Crippen LogP contribution in [0.1, 0.15) is 11.9 Å². The molecule has 0 saturated carbocycles. The summed E-state index contributed by atoms with van der Waals surface area (Å²) in [5, 5.41) is 29.8. The van der Waals surface area contributed by atoms with Gasteiger partial charge in [0.25, 0.3) is 0 Å². The van der Waals surface area contributed by atoms with E-state index in [4.69, 9.17) is 4.74 Å². The number of ether oxygens (including phenoxy) is 1. The van der Waals surface area contributed by atoms with Crippen LogP contribution in [0, 0.1) is 6.92 Å². The normalized spacial score (nSPS) is 30.0. The number of aliphatic hydroxyl groups is 3. The summed E-state index contributed by atoms with van der Waals surface area (Å²) in [6.07, 6.45) is -12.0. The quantitative estimate of drug-likeness (QED) is 0.730. The molecule has 3 N–H and O–H groups in total. The molecule has 3 rings (SSSR count). The lowest BCUT2D eigenvalue weighted by Crippen LogP contribution is -2.46. The maximum atomic E-state index is 12.6. The lowest BCUT2D eigenvalue weighted by molar-refractivity contribution is -0.244. The number of hydrogen-bond acceptors (Lipinski definition) is 6. The van der Waals surface area contributed by atoms with E-state index in [1.165, 1.54) is 17.1 Å². The molecule has 1 aliphatic rings. The molecule has 1 saturated heterocycles. The molecule has 2 aromatic heterocycles. The number of halogens is 3. The van der Waals surface area contributed by atoms with Crippen molar-refractivity contribution >= 4 is 11.0 Å². The van der Waals surface area contributed by atoms with Gasteiger partial charge in [-0.1, -0.05) is 0 Å². The number of aryl methyl sites for hydroxylation is 1. The third kappa shape index (κ3) is 2.57. The molecular weight excluding hydrogens is 319 g/mol. The first-order chi connectivity index (χ1) is 10.7. The summed E-state index contributed by atoms with van der Waals surface area (Å²) in [5.74, 6) is 0. The minimum absolute atomic E-state index is 0.343. The average molecular weight is 333 g/mol. The molecule has 10 heteroatoms. The Hall–Kier alpha value is -1.75. The Kier molecular flexibility index (Phi) is 3.79. The highest BCUT2D eigenvalue weighted by molar-refractivity contribution is 5.78.